The van der Waals surface area contributed by atoms with Gasteiger partial charge in [0.15, 0.2) is 5.82 Å². The first-order valence-electron chi connectivity index (χ1n) is 13.3. The van der Waals surface area contributed by atoms with E-state index in [2.05, 4.69) is 20.5 Å². The van der Waals surface area contributed by atoms with Crippen LogP contribution in [0.25, 0.3) is 11.3 Å². The molecule has 3 aromatic rings. The molecular weight excluding hydrogens is 516 g/mol. The number of nitrogens with zero attached hydrogens (tertiary/aromatic N) is 5. The van der Waals surface area contributed by atoms with Crippen LogP contribution in [0.1, 0.15) is 41.3 Å². The number of amides is 3. The molecule has 40 heavy (non-hydrogen) atoms. The molecule has 3 amide bonds. The summed E-state index contributed by atoms with van der Waals surface area (Å²) in [6, 6.07) is 8.06. The smallest absolute Gasteiger partial charge is 0.328 e. The van der Waals surface area contributed by atoms with Gasteiger partial charge >= 0.3 is 6.03 Å². The molecule has 9 nitrogen and oxygen atoms in total. The Morgan fingerprint density at radius 2 is 1.82 bits per heavy atom. The van der Waals surface area contributed by atoms with Gasteiger partial charge in [-0.3, -0.25) is 4.79 Å². The lowest BCUT2D eigenvalue weighted by Gasteiger charge is -2.32. The number of hydrogen-bond donors (Lipinski definition) is 2. The van der Waals surface area contributed by atoms with Crippen LogP contribution in [-0.4, -0.2) is 67.6 Å². The number of para-hydroxylation sites is 1. The van der Waals surface area contributed by atoms with Crippen LogP contribution in [0.3, 0.4) is 0 Å². The molecule has 2 N–H and O–H groups in total. The van der Waals surface area contributed by atoms with Crippen molar-refractivity contribution in [2.24, 2.45) is 0 Å². The van der Waals surface area contributed by atoms with Gasteiger partial charge < -0.3 is 20.4 Å². The first-order chi connectivity index (χ1) is 19.1. The maximum Gasteiger partial charge on any atom is 0.328 e. The van der Waals surface area contributed by atoms with E-state index in [4.69, 9.17) is 4.98 Å². The number of nitrogens with one attached hydrogen (secondary N) is 2. The molecule has 0 unspecified atom stereocenters. The quantitative estimate of drug-likeness (QED) is 0.382. The largest absolute Gasteiger partial charge is 0.352 e. The Morgan fingerprint density at radius 1 is 1.10 bits per heavy atom. The molecule has 0 aliphatic carbocycles. The fourth-order valence-corrected chi connectivity index (χ4v) is 4.53. The Hall–Kier alpha value is -4.12. The van der Waals surface area contributed by atoms with Gasteiger partial charge in [-0.25, -0.2) is 23.5 Å². The summed E-state index contributed by atoms with van der Waals surface area (Å²) in [6.45, 7) is 5.91. The molecule has 0 radical (unpaired) electrons. The zero-order valence-corrected chi connectivity index (χ0v) is 23.5. The molecule has 0 bridgehead atoms. The molecule has 212 valence electrons. The fraction of sp³-hybridized carbons (Fsp3) is 0.379. The number of fused-ring (bicyclic) bond motifs is 1. The van der Waals surface area contributed by atoms with Crippen molar-refractivity contribution < 1.29 is 18.4 Å². The Balaban J connectivity index is 1.91. The first kappa shape index (κ1) is 28.9. The normalized spacial score (nSPS) is 12.8. The highest BCUT2D eigenvalue weighted by molar-refractivity contribution is 6.02. The van der Waals surface area contributed by atoms with Gasteiger partial charge in [0.05, 0.1) is 12.2 Å². The van der Waals surface area contributed by atoms with E-state index >= 15 is 0 Å². The minimum Gasteiger partial charge on any atom is -0.352 e. The van der Waals surface area contributed by atoms with Crippen LogP contribution < -0.4 is 20.4 Å². The lowest BCUT2D eigenvalue weighted by atomic mass is 9.97. The number of hydrogen-bond acceptors (Lipinski definition) is 6. The topological polar surface area (TPSA) is 93.7 Å². The third kappa shape index (κ3) is 6.04. The summed E-state index contributed by atoms with van der Waals surface area (Å²) in [5.41, 5.74) is 2.41. The molecule has 2 heterocycles. The van der Waals surface area contributed by atoms with Gasteiger partial charge in [0.2, 0.25) is 5.95 Å². The number of aromatic nitrogens is 2. The van der Waals surface area contributed by atoms with Gasteiger partial charge in [-0.1, -0.05) is 19.1 Å². The Kier molecular flexibility index (Phi) is 8.93. The Labute approximate surface area is 233 Å². The van der Waals surface area contributed by atoms with E-state index in [1.165, 1.54) is 6.07 Å². The summed E-state index contributed by atoms with van der Waals surface area (Å²) >= 11 is 0. The van der Waals surface area contributed by atoms with Crippen molar-refractivity contribution in [3.63, 3.8) is 0 Å². The molecule has 1 aliphatic rings. The molecule has 11 heteroatoms. The van der Waals surface area contributed by atoms with Gasteiger partial charge in [0.25, 0.3) is 5.91 Å². The molecule has 1 aliphatic heterocycles. The Bertz CT molecular complexity index is 1390. The number of halogens is 2. The second kappa shape index (κ2) is 12.4. The second-order valence-corrected chi connectivity index (χ2v) is 10.1. The van der Waals surface area contributed by atoms with Crippen molar-refractivity contribution in [3.05, 3.63) is 64.7 Å². The number of aryl methyl sites for hydroxylation is 1. The lowest BCUT2D eigenvalue weighted by molar-refractivity contribution is 0.0953. The minimum absolute atomic E-state index is 0.0480. The number of rotatable bonds is 10. The van der Waals surface area contributed by atoms with Gasteiger partial charge in [-0.05, 0) is 70.2 Å². The predicted octanol–water partition coefficient (Wildman–Crippen LogP) is 4.62. The number of benzene rings is 2. The van der Waals surface area contributed by atoms with Crippen LogP contribution in [0.15, 0.2) is 36.4 Å². The van der Waals surface area contributed by atoms with E-state index in [1.807, 2.05) is 46.0 Å². The first-order valence-corrected chi connectivity index (χ1v) is 13.3. The average molecular weight is 552 g/mol. The third-order valence-electron chi connectivity index (χ3n) is 6.70. The summed E-state index contributed by atoms with van der Waals surface area (Å²) in [6.07, 6.45) is 1.62. The SMILES string of the molecule is CCCNC(=O)c1ccc(C)c(-c2nc(N(C)CCCN(C)C)nc3c2CNC(=O)N3c2c(F)cccc2F)c1. The maximum absolute atomic E-state index is 15.0. The zero-order valence-electron chi connectivity index (χ0n) is 23.5. The van der Waals surface area contributed by atoms with Gasteiger partial charge in [-0.2, -0.15) is 4.98 Å². The maximum atomic E-state index is 15.0. The van der Waals surface area contributed by atoms with Crippen molar-refractivity contribution in [1.82, 2.24) is 25.5 Å². The van der Waals surface area contributed by atoms with E-state index in [0.717, 1.165) is 42.0 Å². The molecule has 0 spiro atoms. The van der Waals surface area contributed by atoms with Crippen molar-refractivity contribution in [1.29, 1.82) is 0 Å². The zero-order chi connectivity index (χ0) is 29.0. The summed E-state index contributed by atoms with van der Waals surface area (Å²) in [7, 11) is 5.80. The predicted molar refractivity (Wildman–Crippen MR) is 152 cm³/mol. The molecule has 0 saturated carbocycles. The highest BCUT2D eigenvalue weighted by atomic mass is 19.1. The molecular formula is C29H35F2N7O2. The monoisotopic (exact) mass is 551 g/mol. The van der Waals surface area contributed by atoms with Crippen LogP contribution in [0.5, 0.6) is 0 Å². The van der Waals surface area contributed by atoms with E-state index in [0.29, 0.717) is 41.4 Å². The van der Waals surface area contributed by atoms with Crippen molar-refractivity contribution in [3.8, 4) is 11.3 Å². The lowest BCUT2D eigenvalue weighted by Crippen LogP contribution is -2.43. The van der Waals surface area contributed by atoms with E-state index < -0.39 is 23.4 Å². The fourth-order valence-electron chi connectivity index (χ4n) is 4.53. The average Bonchev–Trinajstić information content (AvgIpc) is 2.92. The number of urea groups is 1. The molecule has 0 atom stereocenters. The molecule has 2 aromatic carbocycles. The highest BCUT2D eigenvalue weighted by Gasteiger charge is 2.34. The van der Waals surface area contributed by atoms with Crippen LogP contribution in [0, 0.1) is 18.6 Å². The molecule has 4 rings (SSSR count). The number of carbonyl (C=O) groups is 2. The summed E-state index contributed by atoms with van der Waals surface area (Å²) < 4.78 is 29.9. The Morgan fingerprint density at radius 3 is 2.50 bits per heavy atom. The van der Waals surface area contributed by atoms with Crippen molar-refractivity contribution in [2.45, 2.75) is 33.2 Å². The summed E-state index contributed by atoms with van der Waals surface area (Å²) in [5, 5.41) is 5.59. The van der Waals surface area contributed by atoms with Crippen LogP contribution in [-0.2, 0) is 6.54 Å². The highest BCUT2D eigenvalue weighted by Crippen LogP contribution is 2.39. The van der Waals surface area contributed by atoms with Gasteiger partial charge in [-0.15, -0.1) is 0 Å². The summed E-state index contributed by atoms with van der Waals surface area (Å²) in [4.78, 5) is 40.3. The van der Waals surface area contributed by atoms with E-state index in [9.17, 15) is 18.4 Å². The van der Waals surface area contributed by atoms with Gasteiger partial charge in [0.1, 0.15) is 17.3 Å². The second-order valence-electron chi connectivity index (χ2n) is 10.1. The van der Waals surface area contributed by atoms with E-state index in [1.54, 1.807) is 12.1 Å². The van der Waals surface area contributed by atoms with Crippen LogP contribution in [0.4, 0.5) is 31.0 Å². The van der Waals surface area contributed by atoms with Crippen LogP contribution in [0.2, 0.25) is 0 Å². The van der Waals surface area contributed by atoms with Gasteiger partial charge in [0, 0.05) is 36.8 Å². The molecule has 0 fully saturated rings. The number of anilines is 3. The molecule has 1 aromatic heterocycles. The standard InChI is InChI=1S/C29H35F2N7O2/c1-6-13-32-27(39)19-12-11-18(2)20(16-19)24-21-17-33-29(40)38(25-22(30)9-7-10-23(25)31)26(21)35-28(34-24)37(5)15-8-14-36(3)4/h7,9-12,16H,6,8,13-15,17H2,1-5H3,(H,32,39)(H,33,40). The van der Waals surface area contributed by atoms with Crippen molar-refractivity contribution >= 4 is 29.4 Å². The summed E-state index contributed by atoms with van der Waals surface area (Å²) in [5.74, 6) is -1.61. The van der Waals surface area contributed by atoms with Crippen LogP contribution >= 0.6 is 0 Å². The van der Waals surface area contributed by atoms with E-state index in [-0.39, 0.29) is 18.3 Å². The van der Waals surface area contributed by atoms with Crippen molar-refractivity contribution in [2.75, 3.05) is 50.6 Å². The molecule has 0 saturated heterocycles. The number of carbonyl (C=O) groups excluding carboxylic acids is 2. The minimum atomic E-state index is -0.894. The third-order valence-corrected chi connectivity index (χ3v) is 6.70.